The van der Waals surface area contributed by atoms with Gasteiger partial charge in [-0.3, -0.25) is 15.1 Å². The topological polar surface area (TPSA) is 79.8 Å². The largest absolute Gasteiger partial charge is 0.271 e. The van der Waals surface area contributed by atoms with E-state index in [4.69, 9.17) is 11.6 Å². The number of pyridine rings is 1. The molecule has 0 atom stereocenters. The number of nitro groups is 1. The summed E-state index contributed by atoms with van der Waals surface area (Å²) in [6, 6.07) is 9.62. The molecule has 0 aliphatic carbocycles. The molecule has 104 valence electrons. The smallest absolute Gasteiger partial charge is 0.265 e. The van der Waals surface area contributed by atoms with Crippen LogP contribution in [0.3, 0.4) is 0 Å². The summed E-state index contributed by atoms with van der Waals surface area (Å²) in [5.74, 6) is 0. The summed E-state index contributed by atoms with van der Waals surface area (Å²) in [6.07, 6.45) is 3.08. The first-order valence-corrected chi connectivity index (χ1v) is 6.85. The lowest BCUT2D eigenvalue weighted by atomic mass is 10.0. The molecule has 0 aliphatic rings. The van der Waals surface area contributed by atoms with Gasteiger partial charge in [-0.1, -0.05) is 27.5 Å². The molecule has 5 nitrogen and oxygen atoms in total. The third-order valence-electron chi connectivity index (χ3n) is 2.65. The highest BCUT2D eigenvalue weighted by Crippen LogP contribution is 2.33. The number of nitriles is 1. The Bertz CT molecular complexity index is 770. The summed E-state index contributed by atoms with van der Waals surface area (Å²) < 4.78 is 0.511. The van der Waals surface area contributed by atoms with Crippen LogP contribution in [0.1, 0.15) is 11.1 Å². The number of nitrogens with zero attached hydrogens (tertiary/aromatic N) is 3. The van der Waals surface area contributed by atoms with Crippen molar-refractivity contribution < 1.29 is 4.92 Å². The summed E-state index contributed by atoms with van der Waals surface area (Å²) in [7, 11) is 0. The first-order chi connectivity index (χ1) is 10.0. The van der Waals surface area contributed by atoms with Crippen LogP contribution >= 0.6 is 27.5 Å². The van der Waals surface area contributed by atoms with E-state index in [0.29, 0.717) is 15.6 Å². The van der Waals surface area contributed by atoms with Crippen molar-refractivity contribution in [1.29, 1.82) is 5.26 Å². The summed E-state index contributed by atoms with van der Waals surface area (Å²) in [5, 5.41) is 20.3. The van der Waals surface area contributed by atoms with E-state index in [0.717, 1.165) is 0 Å². The molecule has 0 aliphatic heterocycles. The standard InChI is InChI=1S/C14H7BrClN3O2/c15-11-5-10(6-12(7-11)19(20)21)14(16)13(8-17)9-1-3-18-4-2-9/h1-7H/b14-13+. The zero-order chi connectivity index (χ0) is 15.4. The first-order valence-electron chi connectivity index (χ1n) is 5.68. The highest BCUT2D eigenvalue weighted by Gasteiger charge is 2.14. The Hall–Kier alpha value is -2.23. The Morgan fingerprint density at radius 3 is 2.52 bits per heavy atom. The fourth-order valence-electron chi connectivity index (χ4n) is 1.71. The summed E-state index contributed by atoms with van der Waals surface area (Å²) >= 11 is 9.45. The van der Waals surface area contributed by atoms with E-state index < -0.39 is 4.92 Å². The predicted molar refractivity (Wildman–Crippen MR) is 83.3 cm³/mol. The summed E-state index contributed by atoms with van der Waals surface area (Å²) in [5.41, 5.74) is 1.11. The second-order valence-corrected chi connectivity index (χ2v) is 5.29. The van der Waals surface area contributed by atoms with E-state index in [2.05, 4.69) is 20.9 Å². The van der Waals surface area contributed by atoms with Crippen LogP contribution < -0.4 is 0 Å². The van der Waals surface area contributed by atoms with E-state index in [1.807, 2.05) is 6.07 Å². The van der Waals surface area contributed by atoms with Crippen LogP contribution in [0.4, 0.5) is 5.69 Å². The number of benzene rings is 1. The molecule has 0 spiro atoms. The molecule has 1 aromatic heterocycles. The number of halogens is 2. The minimum atomic E-state index is -0.517. The van der Waals surface area contributed by atoms with E-state index in [1.165, 1.54) is 12.1 Å². The van der Waals surface area contributed by atoms with Crippen LogP contribution in [0.15, 0.2) is 47.2 Å². The number of aromatic nitrogens is 1. The quantitative estimate of drug-likeness (QED) is 0.460. The number of hydrogen-bond acceptors (Lipinski definition) is 4. The van der Waals surface area contributed by atoms with Crippen molar-refractivity contribution in [1.82, 2.24) is 4.98 Å². The molecule has 0 amide bonds. The Morgan fingerprint density at radius 1 is 1.29 bits per heavy atom. The second-order valence-electron chi connectivity index (χ2n) is 3.99. The van der Waals surface area contributed by atoms with E-state index in [1.54, 1.807) is 30.6 Å². The van der Waals surface area contributed by atoms with Crippen molar-refractivity contribution in [3.05, 3.63) is 68.4 Å². The molecule has 1 heterocycles. The molecular formula is C14H7BrClN3O2. The molecule has 0 unspecified atom stereocenters. The number of hydrogen-bond donors (Lipinski definition) is 0. The first kappa shape index (κ1) is 15.2. The third-order valence-corrected chi connectivity index (χ3v) is 3.51. The Morgan fingerprint density at radius 2 is 1.95 bits per heavy atom. The molecule has 0 saturated carbocycles. The van der Waals surface area contributed by atoms with Gasteiger partial charge in [0.05, 0.1) is 15.5 Å². The van der Waals surface area contributed by atoms with Gasteiger partial charge in [0.1, 0.15) is 6.07 Å². The van der Waals surface area contributed by atoms with Gasteiger partial charge in [0.2, 0.25) is 0 Å². The molecule has 21 heavy (non-hydrogen) atoms. The molecular weight excluding hydrogens is 358 g/mol. The maximum Gasteiger partial charge on any atom is 0.271 e. The average molecular weight is 365 g/mol. The molecule has 2 rings (SSSR count). The van der Waals surface area contributed by atoms with Crippen LogP contribution in [0, 0.1) is 21.4 Å². The van der Waals surface area contributed by atoms with Crippen molar-refractivity contribution in [3.8, 4) is 6.07 Å². The van der Waals surface area contributed by atoms with Crippen molar-refractivity contribution in [3.63, 3.8) is 0 Å². The van der Waals surface area contributed by atoms with E-state index in [9.17, 15) is 15.4 Å². The van der Waals surface area contributed by atoms with Gasteiger partial charge < -0.3 is 0 Å². The van der Waals surface area contributed by atoms with Gasteiger partial charge >= 0.3 is 0 Å². The van der Waals surface area contributed by atoms with Gasteiger partial charge in [0, 0.05) is 34.6 Å². The molecule has 7 heteroatoms. The Balaban J connectivity index is 2.61. The fourth-order valence-corrected chi connectivity index (χ4v) is 2.45. The molecule has 0 bridgehead atoms. The lowest BCUT2D eigenvalue weighted by molar-refractivity contribution is -0.384. The Kier molecular flexibility index (Phi) is 4.68. The number of nitro benzene ring substituents is 1. The zero-order valence-electron chi connectivity index (χ0n) is 10.5. The van der Waals surface area contributed by atoms with Crippen LogP contribution in [-0.4, -0.2) is 9.91 Å². The van der Waals surface area contributed by atoms with Crippen molar-refractivity contribution >= 4 is 43.8 Å². The lowest BCUT2D eigenvalue weighted by Gasteiger charge is -2.05. The number of allylic oxidation sites excluding steroid dienone is 1. The zero-order valence-corrected chi connectivity index (χ0v) is 12.8. The van der Waals surface area contributed by atoms with Gasteiger partial charge in [-0.2, -0.15) is 5.26 Å². The minimum absolute atomic E-state index is 0.107. The molecule has 0 radical (unpaired) electrons. The summed E-state index contributed by atoms with van der Waals surface area (Å²) in [6.45, 7) is 0. The number of non-ortho nitro benzene ring substituents is 1. The van der Waals surface area contributed by atoms with Gasteiger partial charge in [-0.15, -0.1) is 0 Å². The third kappa shape index (κ3) is 3.45. The fraction of sp³-hybridized carbons (Fsp3) is 0. The maximum absolute atomic E-state index is 10.9. The van der Waals surface area contributed by atoms with Crippen LogP contribution in [0.25, 0.3) is 10.6 Å². The van der Waals surface area contributed by atoms with Crippen LogP contribution in [0.5, 0.6) is 0 Å². The molecule has 0 fully saturated rings. The second kappa shape index (κ2) is 6.48. The SMILES string of the molecule is N#C/C(=C(\Cl)c1cc(Br)cc([N+](=O)[O-])c1)c1ccncc1. The van der Waals surface area contributed by atoms with Crippen LogP contribution in [-0.2, 0) is 0 Å². The van der Waals surface area contributed by atoms with Gasteiger partial charge in [0.25, 0.3) is 5.69 Å². The molecule has 1 aromatic carbocycles. The normalized spacial score (nSPS) is 11.5. The molecule has 2 aromatic rings. The minimum Gasteiger partial charge on any atom is -0.265 e. The van der Waals surface area contributed by atoms with Crippen molar-refractivity contribution in [2.45, 2.75) is 0 Å². The monoisotopic (exact) mass is 363 g/mol. The lowest BCUT2D eigenvalue weighted by Crippen LogP contribution is -1.91. The number of rotatable bonds is 3. The Labute approximate surface area is 133 Å². The van der Waals surface area contributed by atoms with Crippen molar-refractivity contribution in [2.24, 2.45) is 0 Å². The molecule has 0 saturated heterocycles. The highest BCUT2D eigenvalue weighted by molar-refractivity contribution is 9.10. The van der Waals surface area contributed by atoms with Gasteiger partial charge in [-0.05, 0) is 23.8 Å². The average Bonchev–Trinajstić information content (AvgIpc) is 2.48. The highest BCUT2D eigenvalue weighted by atomic mass is 79.9. The maximum atomic E-state index is 10.9. The van der Waals surface area contributed by atoms with Gasteiger partial charge in [0.15, 0.2) is 0 Å². The van der Waals surface area contributed by atoms with Gasteiger partial charge in [-0.25, -0.2) is 0 Å². The van der Waals surface area contributed by atoms with Crippen molar-refractivity contribution in [2.75, 3.05) is 0 Å². The van der Waals surface area contributed by atoms with Crippen LogP contribution in [0.2, 0.25) is 0 Å². The summed E-state index contributed by atoms with van der Waals surface area (Å²) in [4.78, 5) is 14.2. The van der Waals surface area contributed by atoms with E-state index in [-0.39, 0.29) is 16.3 Å². The van der Waals surface area contributed by atoms with E-state index >= 15 is 0 Å². The predicted octanol–water partition coefficient (Wildman–Crippen LogP) is 4.38. The molecule has 0 N–H and O–H groups in total.